The second-order valence-electron chi connectivity index (χ2n) is 9.69. The van der Waals surface area contributed by atoms with Crippen LogP contribution in [0.1, 0.15) is 49.3 Å². The summed E-state index contributed by atoms with van der Waals surface area (Å²) in [5.41, 5.74) is 9.58. The van der Waals surface area contributed by atoms with Gasteiger partial charge in [0.1, 0.15) is 17.8 Å². The van der Waals surface area contributed by atoms with Crippen molar-refractivity contribution in [1.82, 2.24) is 4.57 Å². The lowest BCUT2D eigenvalue weighted by atomic mass is 9.64. The van der Waals surface area contributed by atoms with Gasteiger partial charge in [0, 0.05) is 11.6 Å². The maximum absolute atomic E-state index is 10.9. The lowest BCUT2D eigenvalue weighted by Crippen LogP contribution is -2.44. The third-order valence-electron chi connectivity index (χ3n) is 8.49. The normalized spacial score (nSPS) is 34.9. The van der Waals surface area contributed by atoms with E-state index in [1.54, 1.807) is 0 Å². The molecule has 2 aromatic rings. The van der Waals surface area contributed by atoms with Gasteiger partial charge in [0.15, 0.2) is 0 Å². The minimum atomic E-state index is -0.778. The molecule has 1 aromatic carbocycles. The van der Waals surface area contributed by atoms with Crippen molar-refractivity contribution in [2.75, 3.05) is 0 Å². The Balaban J connectivity index is 1.22. The molecule has 1 unspecified atom stereocenters. The van der Waals surface area contributed by atoms with Gasteiger partial charge in [0.25, 0.3) is 0 Å². The van der Waals surface area contributed by atoms with Gasteiger partial charge in [-0.05, 0) is 74.1 Å². The first-order valence-corrected chi connectivity index (χ1v) is 11.0. The Kier molecular flexibility index (Phi) is 3.70. The summed E-state index contributed by atoms with van der Waals surface area (Å²) < 4.78 is 1.98. The number of aryl methyl sites for hydroxylation is 1. The molecule has 0 bridgehead atoms. The first-order chi connectivity index (χ1) is 14.5. The van der Waals surface area contributed by atoms with Crippen molar-refractivity contribution >= 4 is 24.1 Å². The van der Waals surface area contributed by atoms with Crippen LogP contribution >= 0.6 is 0 Å². The van der Waals surface area contributed by atoms with E-state index in [2.05, 4.69) is 34.9 Å². The molecule has 2 heterocycles. The molecule has 4 aliphatic rings. The molecule has 5 atom stereocenters. The summed E-state index contributed by atoms with van der Waals surface area (Å²) in [4.78, 5) is 8.74. The summed E-state index contributed by atoms with van der Waals surface area (Å²) >= 11 is 0. The van der Waals surface area contributed by atoms with E-state index in [4.69, 9.17) is 5.73 Å². The van der Waals surface area contributed by atoms with Crippen LogP contribution in [-0.4, -0.2) is 39.5 Å². The van der Waals surface area contributed by atoms with Crippen molar-refractivity contribution in [3.63, 3.8) is 0 Å². The van der Waals surface area contributed by atoms with Crippen LogP contribution in [0.4, 0.5) is 11.5 Å². The number of aromatic nitrogens is 1. The van der Waals surface area contributed by atoms with E-state index >= 15 is 0 Å². The SMILES string of the molecule is C=Nc1cccn1[C@H]1[C@H](O)[C@H](O)C2(CCc3ccc4c(c3)N=C(N)C43CCC3)C[C@H]12. The Hall–Kier alpha value is -2.44. The zero-order valence-electron chi connectivity index (χ0n) is 17.0. The molecule has 4 N–H and O–H groups in total. The topological polar surface area (TPSA) is 96.1 Å². The number of hydrogen-bond acceptors (Lipinski definition) is 5. The predicted octanol–water partition coefficient (Wildman–Crippen LogP) is 3.16. The van der Waals surface area contributed by atoms with Crippen molar-refractivity contribution in [3.8, 4) is 0 Å². The largest absolute Gasteiger partial charge is 0.390 e. The lowest BCUT2D eigenvalue weighted by molar-refractivity contribution is -0.0194. The minimum Gasteiger partial charge on any atom is -0.390 e. The molecule has 0 amide bonds. The van der Waals surface area contributed by atoms with E-state index in [-0.39, 0.29) is 22.8 Å². The standard InChI is InChI=1S/C24H28N4O2/c1-26-18-4-2-11-28(18)19-16-13-24(16,21(30)20(19)29)10-7-14-5-6-15-17(12-14)27-22(25)23(15)8-3-9-23/h2,4-6,11-12,16,19-21,29-30H,1,3,7-10,13H2,(H2,25,27)/t16-,19-,20+,21+,24?/m1/s1. The second-order valence-corrected chi connectivity index (χ2v) is 9.69. The van der Waals surface area contributed by atoms with Gasteiger partial charge in [-0.3, -0.25) is 0 Å². The Morgan fingerprint density at radius 1 is 1.27 bits per heavy atom. The fourth-order valence-corrected chi connectivity index (χ4v) is 6.52. The van der Waals surface area contributed by atoms with Crippen molar-refractivity contribution in [3.05, 3.63) is 47.7 Å². The van der Waals surface area contributed by atoms with Crippen molar-refractivity contribution in [2.24, 2.45) is 27.1 Å². The molecule has 6 rings (SSSR count). The molecule has 3 saturated carbocycles. The van der Waals surface area contributed by atoms with Crippen molar-refractivity contribution < 1.29 is 10.2 Å². The van der Waals surface area contributed by atoms with E-state index in [1.807, 2.05) is 22.9 Å². The van der Waals surface area contributed by atoms with E-state index in [0.717, 1.165) is 49.4 Å². The summed E-state index contributed by atoms with van der Waals surface area (Å²) in [6.45, 7) is 3.63. The van der Waals surface area contributed by atoms with Crippen LogP contribution in [0.5, 0.6) is 0 Å². The molecule has 1 aromatic heterocycles. The molecule has 0 saturated heterocycles. The highest BCUT2D eigenvalue weighted by Crippen LogP contribution is 2.70. The lowest BCUT2D eigenvalue weighted by Gasteiger charge is -2.38. The van der Waals surface area contributed by atoms with Crippen LogP contribution in [0.3, 0.4) is 0 Å². The molecular weight excluding hydrogens is 376 g/mol. The summed E-state index contributed by atoms with van der Waals surface area (Å²) in [5.74, 6) is 1.78. The van der Waals surface area contributed by atoms with Crippen LogP contribution in [0.15, 0.2) is 46.5 Å². The molecule has 3 fully saturated rings. The number of fused-ring (bicyclic) bond motifs is 3. The maximum Gasteiger partial charge on any atom is 0.132 e. The van der Waals surface area contributed by atoms with Gasteiger partial charge in [-0.25, -0.2) is 9.98 Å². The monoisotopic (exact) mass is 404 g/mol. The number of amidine groups is 1. The highest BCUT2D eigenvalue weighted by atomic mass is 16.3. The van der Waals surface area contributed by atoms with E-state index in [1.165, 1.54) is 17.5 Å². The Labute approximate surface area is 176 Å². The van der Waals surface area contributed by atoms with Gasteiger partial charge in [-0.1, -0.05) is 18.6 Å². The molecule has 30 heavy (non-hydrogen) atoms. The number of aliphatic hydroxyl groups excluding tert-OH is 2. The van der Waals surface area contributed by atoms with Crippen molar-refractivity contribution in [2.45, 2.75) is 62.2 Å². The third kappa shape index (κ3) is 2.21. The van der Waals surface area contributed by atoms with Gasteiger partial charge >= 0.3 is 0 Å². The fourth-order valence-electron chi connectivity index (χ4n) is 6.52. The maximum atomic E-state index is 10.9. The zero-order chi connectivity index (χ0) is 20.7. The Morgan fingerprint density at radius 3 is 2.83 bits per heavy atom. The van der Waals surface area contributed by atoms with Gasteiger partial charge in [0.05, 0.1) is 23.2 Å². The molecule has 6 heteroatoms. The number of aliphatic imine (C=N–C) groups is 2. The van der Waals surface area contributed by atoms with Crippen LogP contribution in [0, 0.1) is 11.3 Å². The number of hydrogen-bond donors (Lipinski definition) is 3. The fraction of sp³-hybridized carbons (Fsp3) is 0.500. The number of nitrogens with zero attached hydrogens (tertiary/aromatic N) is 3. The summed E-state index contributed by atoms with van der Waals surface area (Å²) in [7, 11) is 0. The molecular formula is C24H28N4O2. The van der Waals surface area contributed by atoms with E-state index < -0.39 is 12.2 Å². The first-order valence-electron chi connectivity index (χ1n) is 11.0. The summed E-state index contributed by atoms with van der Waals surface area (Å²) in [6.07, 6.45) is 6.51. The van der Waals surface area contributed by atoms with Crippen LogP contribution in [0.25, 0.3) is 0 Å². The molecule has 1 spiro atoms. The minimum absolute atomic E-state index is 0.000770. The van der Waals surface area contributed by atoms with Crippen LogP contribution < -0.4 is 5.73 Å². The van der Waals surface area contributed by atoms with Gasteiger partial charge in [-0.2, -0.15) is 0 Å². The number of benzene rings is 1. The van der Waals surface area contributed by atoms with Crippen LogP contribution in [0.2, 0.25) is 0 Å². The number of nitrogens with two attached hydrogens (primary N) is 1. The number of rotatable bonds is 5. The Bertz CT molecular complexity index is 1070. The molecule has 156 valence electrons. The molecule has 3 aliphatic carbocycles. The third-order valence-corrected chi connectivity index (χ3v) is 8.49. The zero-order valence-corrected chi connectivity index (χ0v) is 17.0. The van der Waals surface area contributed by atoms with E-state index in [9.17, 15) is 10.2 Å². The highest BCUT2D eigenvalue weighted by Gasteiger charge is 2.70. The summed E-state index contributed by atoms with van der Waals surface area (Å²) in [5, 5.41) is 21.7. The molecule has 6 nitrogen and oxygen atoms in total. The smallest absolute Gasteiger partial charge is 0.132 e. The van der Waals surface area contributed by atoms with Crippen molar-refractivity contribution in [1.29, 1.82) is 0 Å². The number of aliphatic hydroxyl groups is 2. The Morgan fingerprint density at radius 2 is 2.10 bits per heavy atom. The average Bonchev–Trinajstić information content (AvgIpc) is 3.00. The van der Waals surface area contributed by atoms with Gasteiger partial charge in [-0.15, -0.1) is 0 Å². The van der Waals surface area contributed by atoms with E-state index in [0.29, 0.717) is 0 Å². The van der Waals surface area contributed by atoms with Gasteiger partial charge in [0.2, 0.25) is 0 Å². The van der Waals surface area contributed by atoms with Crippen LogP contribution in [-0.2, 0) is 11.8 Å². The molecule has 1 aliphatic heterocycles. The predicted molar refractivity (Wildman–Crippen MR) is 117 cm³/mol. The second kappa shape index (κ2) is 6.05. The quantitative estimate of drug-likeness (QED) is 0.668. The molecule has 0 radical (unpaired) electrons. The van der Waals surface area contributed by atoms with Gasteiger partial charge < -0.3 is 20.5 Å². The summed E-state index contributed by atoms with van der Waals surface area (Å²) in [6, 6.07) is 10.2. The highest BCUT2D eigenvalue weighted by molar-refractivity contribution is 6.00. The average molecular weight is 405 g/mol. The first kappa shape index (κ1) is 18.3.